The fourth-order valence-corrected chi connectivity index (χ4v) is 0.541. The molecule has 0 radical (unpaired) electrons. The molecule has 1 N–H and O–H groups in total. The Morgan fingerprint density at radius 3 is 3.00 bits per heavy atom. The number of hydroxylamine groups is 2. The van der Waals surface area contributed by atoms with Crippen LogP contribution in [-0.2, 0) is 4.84 Å². The van der Waals surface area contributed by atoms with Gasteiger partial charge in [0.05, 0.1) is 7.11 Å². The molecule has 1 amide bonds. The third-order valence-corrected chi connectivity index (χ3v) is 1.18. The second kappa shape index (κ2) is 3.11. The summed E-state index contributed by atoms with van der Waals surface area (Å²) in [6.07, 6.45) is 1.26. The van der Waals surface area contributed by atoms with Crippen LogP contribution in [-0.4, -0.2) is 40.3 Å². The standard InChI is InChI=1S/C5H8N4O2/c1-9(11-2)5(10)4-6-3-7-8-4/h3H,1-2H3,(H,6,7,8). The highest BCUT2D eigenvalue weighted by atomic mass is 16.7. The summed E-state index contributed by atoms with van der Waals surface area (Å²) in [6.45, 7) is 0. The summed E-state index contributed by atoms with van der Waals surface area (Å²) < 4.78 is 0. The second-order valence-corrected chi connectivity index (χ2v) is 1.82. The number of hydrogen-bond acceptors (Lipinski definition) is 4. The van der Waals surface area contributed by atoms with E-state index in [9.17, 15) is 4.79 Å². The molecule has 0 aliphatic carbocycles. The van der Waals surface area contributed by atoms with Crippen LogP contribution in [0, 0.1) is 0 Å². The Kier molecular flexibility index (Phi) is 2.17. The molecule has 0 atom stereocenters. The molecule has 6 heteroatoms. The van der Waals surface area contributed by atoms with Gasteiger partial charge in [-0.25, -0.2) is 10.0 Å². The summed E-state index contributed by atoms with van der Waals surface area (Å²) in [4.78, 5) is 19.4. The summed E-state index contributed by atoms with van der Waals surface area (Å²) in [7, 11) is 2.89. The highest BCUT2D eigenvalue weighted by Crippen LogP contribution is 1.92. The van der Waals surface area contributed by atoms with Crippen LogP contribution >= 0.6 is 0 Å². The van der Waals surface area contributed by atoms with Gasteiger partial charge in [0.15, 0.2) is 0 Å². The number of nitrogens with zero attached hydrogens (tertiary/aromatic N) is 3. The van der Waals surface area contributed by atoms with E-state index in [0.29, 0.717) is 0 Å². The third-order valence-electron chi connectivity index (χ3n) is 1.18. The molecule has 1 rings (SSSR count). The molecule has 0 unspecified atom stereocenters. The molecule has 0 fully saturated rings. The van der Waals surface area contributed by atoms with Crippen molar-refractivity contribution < 1.29 is 9.63 Å². The Balaban J connectivity index is 2.70. The van der Waals surface area contributed by atoms with Crippen LogP contribution < -0.4 is 0 Å². The van der Waals surface area contributed by atoms with E-state index in [4.69, 9.17) is 0 Å². The summed E-state index contributed by atoms with van der Waals surface area (Å²) in [5.41, 5.74) is 0. The maximum atomic E-state index is 11.1. The van der Waals surface area contributed by atoms with Crippen LogP contribution in [0.25, 0.3) is 0 Å². The molecule has 6 nitrogen and oxygen atoms in total. The van der Waals surface area contributed by atoms with Gasteiger partial charge in [0.1, 0.15) is 6.33 Å². The number of aromatic nitrogens is 3. The molecule has 0 saturated carbocycles. The normalized spacial score (nSPS) is 9.64. The van der Waals surface area contributed by atoms with Gasteiger partial charge in [0.25, 0.3) is 0 Å². The number of H-pyrrole nitrogens is 1. The first-order valence-electron chi connectivity index (χ1n) is 2.93. The van der Waals surface area contributed by atoms with Crippen LogP contribution in [0.3, 0.4) is 0 Å². The van der Waals surface area contributed by atoms with Crippen LogP contribution in [0.15, 0.2) is 6.33 Å². The number of aromatic amines is 1. The van der Waals surface area contributed by atoms with E-state index in [1.807, 2.05) is 0 Å². The first kappa shape index (κ1) is 7.67. The Hall–Kier alpha value is -1.43. The lowest BCUT2D eigenvalue weighted by molar-refractivity contribution is -0.0764. The number of rotatable bonds is 2. The number of carbonyl (C=O) groups is 1. The maximum absolute atomic E-state index is 11.1. The SMILES string of the molecule is CON(C)C(=O)c1ncn[nH]1. The Bertz CT molecular complexity index is 233. The van der Waals surface area contributed by atoms with Crippen LogP contribution in [0.4, 0.5) is 0 Å². The fourth-order valence-electron chi connectivity index (χ4n) is 0.541. The topological polar surface area (TPSA) is 71.1 Å². The van der Waals surface area contributed by atoms with E-state index < -0.39 is 0 Å². The molecule has 0 saturated heterocycles. The lowest BCUT2D eigenvalue weighted by Gasteiger charge is -2.10. The van der Waals surface area contributed by atoms with E-state index in [-0.39, 0.29) is 11.7 Å². The molecular formula is C5H8N4O2. The largest absolute Gasteiger partial charge is 0.314 e. The zero-order chi connectivity index (χ0) is 8.27. The molecule has 0 aliphatic rings. The van der Waals surface area contributed by atoms with Gasteiger partial charge in [-0.3, -0.25) is 14.7 Å². The molecule has 1 heterocycles. The molecule has 60 valence electrons. The predicted molar refractivity (Wildman–Crippen MR) is 35.5 cm³/mol. The minimum Gasteiger partial charge on any atom is -0.274 e. The zero-order valence-electron chi connectivity index (χ0n) is 6.24. The van der Waals surface area contributed by atoms with Crippen molar-refractivity contribution in [1.82, 2.24) is 20.2 Å². The van der Waals surface area contributed by atoms with Crippen molar-refractivity contribution in [3.05, 3.63) is 12.2 Å². The molecule has 0 spiro atoms. The lowest BCUT2D eigenvalue weighted by Crippen LogP contribution is -2.26. The first-order valence-corrected chi connectivity index (χ1v) is 2.93. The highest BCUT2D eigenvalue weighted by Gasteiger charge is 2.13. The molecule has 0 aliphatic heterocycles. The van der Waals surface area contributed by atoms with Crippen molar-refractivity contribution >= 4 is 5.91 Å². The maximum Gasteiger partial charge on any atom is 0.314 e. The van der Waals surface area contributed by atoms with E-state index in [1.165, 1.54) is 20.5 Å². The Morgan fingerprint density at radius 2 is 2.55 bits per heavy atom. The van der Waals surface area contributed by atoms with E-state index in [1.54, 1.807) is 0 Å². The average molecular weight is 156 g/mol. The van der Waals surface area contributed by atoms with Crippen molar-refractivity contribution in [3.63, 3.8) is 0 Å². The monoisotopic (exact) mass is 156 g/mol. The van der Waals surface area contributed by atoms with Crippen molar-refractivity contribution in [2.24, 2.45) is 0 Å². The van der Waals surface area contributed by atoms with E-state index >= 15 is 0 Å². The summed E-state index contributed by atoms with van der Waals surface area (Å²) in [5, 5.41) is 7.00. The highest BCUT2D eigenvalue weighted by molar-refractivity contribution is 5.89. The molecule has 11 heavy (non-hydrogen) atoms. The van der Waals surface area contributed by atoms with Gasteiger partial charge in [-0.05, 0) is 0 Å². The van der Waals surface area contributed by atoms with Gasteiger partial charge in [-0.2, -0.15) is 5.10 Å². The van der Waals surface area contributed by atoms with Gasteiger partial charge < -0.3 is 0 Å². The van der Waals surface area contributed by atoms with Gasteiger partial charge >= 0.3 is 5.91 Å². The fraction of sp³-hybridized carbons (Fsp3) is 0.400. The molecule has 0 bridgehead atoms. The van der Waals surface area contributed by atoms with Gasteiger partial charge in [-0.15, -0.1) is 0 Å². The Morgan fingerprint density at radius 1 is 1.82 bits per heavy atom. The zero-order valence-corrected chi connectivity index (χ0v) is 6.24. The molecule has 1 aromatic heterocycles. The summed E-state index contributed by atoms with van der Waals surface area (Å²) >= 11 is 0. The number of nitrogens with one attached hydrogen (secondary N) is 1. The van der Waals surface area contributed by atoms with Crippen LogP contribution in [0.1, 0.15) is 10.6 Å². The van der Waals surface area contributed by atoms with Gasteiger partial charge in [0, 0.05) is 7.05 Å². The van der Waals surface area contributed by atoms with Gasteiger partial charge in [0.2, 0.25) is 5.82 Å². The number of carbonyl (C=O) groups excluding carboxylic acids is 1. The summed E-state index contributed by atoms with van der Waals surface area (Å²) in [5.74, 6) is -0.195. The molecule has 1 aromatic rings. The minimum atomic E-state index is -0.356. The predicted octanol–water partition coefficient (Wildman–Crippen LogP) is -0.562. The van der Waals surface area contributed by atoms with E-state index in [0.717, 1.165) is 5.06 Å². The molecule has 0 aromatic carbocycles. The number of hydrogen-bond donors (Lipinski definition) is 1. The van der Waals surface area contributed by atoms with Crippen LogP contribution in [0.5, 0.6) is 0 Å². The minimum absolute atomic E-state index is 0.161. The smallest absolute Gasteiger partial charge is 0.274 e. The average Bonchev–Trinajstić information content (AvgIpc) is 2.53. The van der Waals surface area contributed by atoms with Crippen molar-refractivity contribution in [1.29, 1.82) is 0 Å². The summed E-state index contributed by atoms with van der Waals surface area (Å²) in [6, 6.07) is 0. The van der Waals surface area contributed by atoms with Crippen LogP contribution in [0.2, 0.25) is 0 Å². The first-order chi connectivity index (χ1) is 5.25. The number of amides is 1. The Labute approximate surface area is 63.1 Å². The third kappa shape index (κ3) is 1.53. The second-order valence-electron chi connectivity index (χ2n) is 1.82. The van der Waals surface area contributed by atoms with E-state index in [2.05, 4.69) is 20.0 Å². The van der Waals surface area contributed by atoms with Crippen molar-refractivity contribution in [2.45, 2.75) is 0 Å². The van der Waals surface area contributed by atoms with Gasteiger partial charge in [-0.1, -0.05) is 0 Å². The lowest BCUT2D eigenvalue weighted by atomic mass is 10.6. The quantitative estimate of drug-likeness (QED) is 0.582. The van der Waals surface area contributed by atoms with Crippen molar-refractivity contribution in [3.8, 4) is 0 Å². The van der Waals surface area contributed by atoms with Crippen molar-refractivity contribution in [2.75, 3.05) is 14.2 Å². The molecular weight excluding hydrogens is 148 g/mol.